The van der Waals surface area contributed by atoms with Crippen LogP contribution in [0.25, 0.3) is 11.5 Å². The number of nitrogens with zero attached hydrogens (tertiary/aromatic N) is 6. The Bertz CT molecular complexity index is 960. The molecule has 8 heteroatoms. The van der Waals surface area contributed by atoms with Crippen LogP contribution in [0, 0.1) is 0 Å². The van der Waals surface area contributed by atoms with E-state index < -0.39 is 6.23 Å². The maximum absolute atomic E-state index is 10.8. The number of aromatic nitrogens is 4. The van der Waals surface area contributed by atoms with E-state index in [0.29, 0.717) is 12.6 Å². The summed E-state index contributed by atoms with van der Waals surface area (Å²) in [5.74, 6) is 1.56. The average Bonchev–Trinajstić information content (AvgIpc) is 3.08. The van der Waals surface area contributed by atoms with Gasteiger partial charge in [-0.05, 0) is 36.6 Å². The number of rotatable bonds is 4. The molecule has 2 aliphatic rings. The summed E-state index contributed by atoms with van der Waals surface area (Å²) in [5, 5.41) is 20.3. The Balaban J connectivity index is 1.46. The van der Waals surface area contributed by atoms with Crippen LogP contribution in [0.5, 0.6) is 0 Å². The molecule has 1 aliphatic heterocycles. The average molecular weight is 368 g/mol. The van der Waals surface area contributed by atoms with Crippen molar-refractivity contribution < 1.29 is 5.11 Å². The van der Waals surface area contributed by atoms with Gasteiger partial charge >= 0.3 is 0 Å². The summed E-state index contributed by atoms with van der Waals surface area (Å²) in [6.07, 6.45) is 3.47. The van der Waals surface area contributed by atoms with Crippen molar-refractivity contribution in [2.75, 3.05) is 23.9 Å². The van der Waals surface area contributed by atoms with Crippen LogP contribution in [0.2, 0.25) is 0 Å². The van der Waals surface area contributed by atoms with E-state index in [0.717, 1.165) is 27.2 Å². The summed E-state index contributed by atoms with van der Waals surface area (Å²) in [6, 6.07) is 8.51. The number of pyridine rings is 1. The van der Waals surface area contributed by atoms with Gasteiger partial charge in [0.15, 0.2) is 12.1 Å². The summed E-state index contributed by atoms with van der Waals surface area (Å²) in [5.41, 5.74) is 1.96. The van der Waals surface area contributed by atoms with Gasteiger partial charge in [0.2, 0.25) is 0 Å². The first-order chi connectivity index (χ1) is 12.6. The van der Waals surface area contributed by atoms with E-state index in [4.69, 9.17) is 4.98 Å². The van der Waals surface area contributed by atoms with Crippen molar-refractivity contribution >= 4 is 22.2 Å². The Hall–Kier alpha value is -2.45. The number of thiophene rings is 1. The highest BCUT2D eigenvalue weighted by Gasteiger charge is 2.33. The van der Waals surface area contributed by atoms with Gasteiger partial charge < -0.3 is 19.5 Å². The smallest absolute Gasteiger partial charge is 0.182 e. The van der Waals surface area contributed by atoms with E-state index in [1.807, 2.05) is 37.2 Å². The second kappa shape index (κ2) is 5.78. The van der Waals surface area contributed by atoms with Crippen LogP contribution in [-0.4, -0.2) is 39.0 Å². The van der Waals surface area contributed by atoms with Crippen molar-refractivity contribution in [3.05, 3.63) is 41.0 Å². The lowest BCUT2D eigenvalue weighted by Crippen LogP contribution is -2.22. The predicted octanol–water partition coefficient (Wildman–Crippen LogP) is 2.81. The Morgan fingerprint density at radius 3 is 2.85 bits per heavy atom. The highest BCUT2D eigenvalue weighted by atomic mass is 32.1. The predicted molar refractivity (Wildman–Crippen MR) is 101 cm³/mol. The molecule has 0 radical (unpaired) electrons. The molecule has 5 rings (SSSR count). The van der Waals surface area contributed by atoms with Crippen LogP contribution in [-0.2, 0) is 6.54 Å². The lowest BCUT2D eigenvalue weighted by Gasteiger charge is -2.22. The molecule has 0 aromatic carbocycles. The molecule has 3 aromatic rings. The fraction of sp³-hybridized carbons (Fsp3) is 0.389. The molecular formula is C18H20N6OS. The molecule has 1 fully saturated rings. The summed E-state index contributed by atoms with van der Waals surface area (Å²) in [4.78, 5) is 9.78. The van der Waals surface area contributed by atoms with Crippen LogP contribution in [0.4, 0.5) is 10.8 Å². The van der Waals surface area contributed by atoms with Gasteiger partial charge in [0.1, 0.15) is 17.8 Å². The number of hydrogen-bond donors (Lipinski definition) is 1. The van der Waals surface area contributed by atoms with Crippen molar-refractivity contribution in [2.24, 2.45) is 0 Å². The molecule has 3 aromatic heterocycles. The highest BCUT2D eigenvalue weighted by Crippen LogP contribution is 2.43. The Morgan fingerprint density at radius 2 is 2.12 bits per heavy atom. The maximum atomic E-state index is 10.8. The van der Waals surface area contributed by atoms with Gasteiger partial charge in [-0.1, -0.05) is 6.07 Å². The first-order valence-corrected chi connectivity index (χ1v) is 9.55. The van der Waals surface area contributed by atoms with E-state index in [9.17, 15) is 5.11 Å². The van der Waals surface area contributed by atoms with Crippen molar-refractivity contribution in [3.8, 4) is 11.5 Å². The summed E-state index contributed by atoms with van der Waals surface area (Å²) < 4.78 is 2.10. The van der Waals surface area contributed by atoms with Crippen molar-refractivity contribution in [3.63, 3.8) is 0 Å². The molecule has 4 heterocycles. The monoisotopic (exact) mass is 368 g/mol. The molecule has 1 N–H and O–H groups in total. The maximum Gasteiger partial charge on any atom is 0.182 e. The molecule has 26 heavy (non-hydrogen) atoms. The van der Waals surface area contributed by atoms with Gasteiger partial charge in [-0.25, -0.2) is 4.98 Å². The van der Waals surface area contributed by atoms with Crippen LogP contribution in [0.1, 0.15) is 35.6 Å². The summed E-state index contributed by atoms with van der Waals surface area (Å²) in [7, 11) is 4.04. The Labute approximate surface area is 155 Å². The molecule has 1 unspecified atom stereocenters. The Morgan fingerprint density at radius 1 is 1.27 bits per heavy atom. The van der Waals surface area contributed by atoms with Crippen molar-refractivity contribution in [1.82, 2.24) is 19.7 Å². The number of anilines is 2. The molecule has 1 saturated carbocycles. The molecule has 1 aliphatic carbocycles. The van der Waals surface area contributed by atoms with Crippen LogP contribution < -0.4 is 9.80 Å². The van der Waals surface area contributed by atoms with E-state index in [2.05, 4.69) is 25.7 Å². The molecule has 0 spiro atoms. The lowest BCUT2D eigenvalue weighted by molar-refractivity contribution is 0.184. The van der Waals surface area contributed by atoms with E-state index >= 15 is 0 Å². The largest absolute Gasteiger partial charge is 0.370 e. The fourth-order valence-electron chi connectivity index (χ4n) is 3.36. The van der Waals surface area contributed by atoms with E-state index in [1.165, 1.54) is 18.4 Å². The summed E-state index contributed by atoms with van der Waals surface area (Å²) in [6.45, 7) is 0.659. The molecular weight excluding hydrogens is 348 g/mol. The molecule has 0 saturated heterocycles. The van der Waals surface area contributed by atoms with Gasteiger partial charge in [-0.3, -0.25) is 0 Å². The van der Waals surface area contributed by atoms with Crippen LogP contribution >= 0.6 is 11.3 Å². The minimum Gasteiger partial charge on any atom is -0.370 e. The normalized spacial score (nSPS) is 19.0. The number of fused-ring (bicyclic) bond motifs is 1. The Kier molecular flexibility index (Phi) is 3.51. The quantitative estimate of drug-likeness (QED) is 0.764. The van der Waals surface area contributed by atoms with E-state index in [1.54, 1.807) is 17.7 Å². The standard InChI is InChI=1S/C18H20N6OS/c1-22(2)15-8-11-9-23(18(25)16(11)26-15)14-5-3-4-13(20-14)17-21-19-10-24(17)12-6-7-12/h3-5,8,10,12,18,25H,6-7,9H2,1-2H3. The molecule has 0 amide bonds. The molecule has 7 nitrogen and oxygen atoms in total. The van der Waals surface area contributed by atoms with Gasteiger partial charge in [-0.2, -0.15) is 0 Å². The van der Waals surface area contributed by atoms with Gasteiger partial charge in [0.05, 0.1) is 9.88 Å². The minimum absolute atomic E-state index is 0.499. The van der Waals surface area contributed by atoms with Crippen molar-refractivity contribution in [2.45, 2.75) is 31.7 Å². The van der Waals surface area contributed by atoms with Gasteiger partial charge in [-0.15, -0.1) is 21.5 Å². The fourth-order valence-corrected chi connectivity index (χ4v) is 4.46. The number of aliphatic hydroxyl groups excluding tert-OH is 1. The number of hydrogen-bond acceptors (Lipinski definition) is 7. The zero-order chi connectivity index (χ0) is 17.8. The zero-order valence-corrected chi connectivity index (χ0v) is 15.5. The second-order valence-electron chi connectivity index (χ2n) is 7.04. The second-order valence-corrected chi connectivity index (χ2v) is 8.11. The first-order valence-electron chi connectivity index (χ1n) is 8.73. The molecule has 134 valence electrons. The molecule has 0 bridgehead atoms. The summed E-state index contributed by atoms with van der Waals surface area (Å²) >= 11 is 1.63. The van der Waals surface area contributed by atoms with Crippen molar-refractivity contribution in [1.29, 1.82) is 0 Å². The molecule has 1 atom stereocenters. The first kappa shape index (κ1) is 15.8. The van der Waals surface area contributed by atoms with Crippen LogP contribution in [0.3, 0.4) is 0 Å². The third kappa shape index (κ3) is 2.48. The van der Waals surface area contributed by atoms with Gasteiger partial charge in [0.25, 0.3) is 0 Å². The topological polar surface area (TPSA) is 70.3 Å². The third-order valence-electron chi connectivity index (χ3n) is 4.91. The van der Waals surface area contributed by atoms with Gasteiger partial charge in [0, 0.05) is 26.7 Å². The zero-order valence-electron chi connectivity index (χ0n) is 14.7. The lowest BCUT2D eigenvalue weighted by atomic mass is 10.3. The number of aliphatic hydroxyl groups is 1. The van der Waals surface area contributed by atoms with E-state index in [-0.39, 0.29) is 0 Å². The minimum atomic E-state index is -0.659. The van der Waals surface area contributed by atoms with Crippen LogP contribution in [0.15, 0.2) is 30.6 Å². The third-order valence-corrected chi connectivity index (χ3v) is 6.30. The SMILES string of the molecule is CN(C)c1cc2c(s1)C(O)N(c1cccc(-c3nncn3C3CC3)n1)C2. The highest BCUT2D eigenvalue weighted by molar-refractivity contribution is 7.16.